The van der Waals surface area contributed by atoms with Crippen molar-refractivity contribution in [3.05, 3.63) is 70.8 Å². The van der Waals surface area contributed by atoms with Gasteiger partial charge in [-0.1, -0.05) is 187 Å². The Morgan fingerprint density at radius 3 is 1.05 bits per heavy atom. The molecule has 0 heterocycles. The minimum Gasteiger partial charge on any atom is -0.820 e. The summed E-state index contributed by atoms with van der Waals surface area (Å²) < 4.78 is 5.93. The van der Waals surface area contributed by atoms with Gasteiger partial charge in [0.15, 0.2) is 0 Å². The van der Waals surface area contributed by atoms with Crippen LogP contribution in [0.4, 0.5) is 0 Å². The topological polar surface area (TPSA) is 55.3 Å². The standard InChI is InChI=1S/C38H61O3P/c1-8-9-10-11-12-13-14-15-16-17-18-19-20-21-22-31-38(41-42(39)40,34-27-23-32(24-28-34)36(2,3)4)35-29-25-33(26-30-35)37(5,6)7/h23-30H,8-22,31H2,1-7H3/q-2. The van der Waals surface area contributed by atoms with Gasteiger partial charge in [0.2, 0.25) is 0 Å². The van der Waals surface area contributed by atoms with Gasteiger partial charge >= 0.3 is 0 Å². The Hall–Kier alpha value is -1.25. The number of hydrogen-bond donors (Lipinski definition) is 0. The lowest BCUT2D eigenvalue weighted by Crippen LogP contribution is -2.33. The van der Waals surface area contributed by atoms with E-state index in [2.05, 4.69) is 97.0 Å². The third kappa shape index (κ3) is 12.8. The van der Waals surface area contributed by atoms with Crippen molar-refractivity contribution in [3.8, 4) is 0 Å². The molecule has 238 valence electrons. The van der Waals surface area contributed by atoms with Crippen LogP contribution < -0.4 is 9.79 Å². The molecule has 4 heteroatoms. The van der Waals surface area contributed by atoms with E-state index in [0.717, 1.165) is 24.0 Å². The molecule has 0 amide bonds. The summed E-state index contributed by atoms with van der Waals surface area (Å²) in [6, 6.07) is 16.8. The fourth-order valence-corrected chi connectivity index (χ4v) is 6.51. The monoisotopic (exact) mass is 596 g/mol. The second kappa shape index (κ2) is 18.5. The Labute approximate surface area is 260 Å². The highest BCUT2D eigenvalue weighted by Crippen LogP contribution is 2.45. The number of rotatable bonds is 20. The summed E-state index contributed by atoms with van der Waals surface area (Å²) in [6.07, 6.45) is 20.2. The van der Waals surface area contributed by atoms with Crippen LogP contribution in [-0.4, -0.2) is 0 Å². The SMILES string of the molecule is CCCCCCCCCCCCCCCCCC(OP([O-])[O-])(c1ccc(C(C)(C)C)cc1)c1ccc(C(C)(C)C)cc1. The highest BCUT2D eigenvalue weighted by molar-refractivity contribution is 7.36. The van der Waals surface area contributed by atoms with E-state index in [0.29, 0.717) is 6.42 Å². The molecule has 2 rings (SSSR count). The maximum absolute atomic E-state index is 12.2. The third-order valence-electron chi connectivity index (χ3n) is 8.80. The van der Waals surface area contributed by atoms with Gasteiger partial charge < -0.3 is 14.3 Å². The summed E-state index contributed by atoms with van der Waals surface area (Å²) in [6.45, 7) is 15.5. The first-order valence-corrected chi connectivity index (χ1v) is 18.1. The Morgan fingerprint density at radius 2 is 0.762 bits per heavy atom. The molecule has 0 N–H and O–H groups in total. The van der Waals surface area contributed by atoms with Crippen LogP contribution in [0.15, 0.2) is 48.5 Å². The van der Waals surface area contributed by atoms with E-state index < -0.39 is 14.2 Å². The number of benzene rings is 2. The molecule has 3 nitrogen and oxygen atoms in total. The molecule has 0 aliphatic heterocycles. The predicted molar refractivity (Wildman–Crippen MR) is 179 cm³/mol. The van der Waals surface area contributed by atoms with Crippen LogP contribution in [-0.2, 0) is 21.0 Å². The van der Waals surface area contributed by atoms with Crippen LogP contribution in [0.3, 0.4) is 0 Å². The van der Waals surface area contributed by atoms with Crippen molar-refractivity contribution in [2.75, 3.05) is 0 Å². The Balaban J connectivity index is 1.99. The van der Waals surface area contributed by atoms with Crippen molar-refractivity contribution in [3.63, 3.8) is 0 Å². The minimum absolute atomic E-state index is 0.0222. The van der Waals surface area contributed by atoms with E-state index in [-0.39, 0.29) is 10.8 Å². The molecule has 0 unspecified atom stereocenters. The van der Waals surface area contributed by atoms with Crippen molar-refractivity contribution in [2.24, 2.45) is 0 Å². The van der Waals surface area contributed by atoms with Crippen LogP contribution in [0.5, 0.6) is 0 Å². The molecule has 0 aliphatic carbocycles. The van der Waals surface area contributed by atoms with Crippen LogP contribution in [0.25, 0.3) is 0 Å². The van der Waals surface area contributed by atoms with Crippen molar-refractivity contribution in [2.45, 2.75) is 168 Å². The van der Waals surface area contributed by atoms with Crippen molar-refractivity contribution < 1.29 is 14.3 Å². The van der Waals surface area contributed by atoms with Gasteiger partial charge in [0.25, 0.3) is 0 Å². The third-order valence-corrected chi connectivity index (χ3v) is 9.26. The van der Waals surface area contributed by atoms with Gasteiger partial charge in [0.1, 0.15) is 5.60 Å². The molecular formula is C38H61O3P-2. The van der Waals surface area contributed by atoms with Gasteiger partial charge in [0.05, 0.1) is 0 Å². The average molecular weight is 597 g/mol. The van der Waals surface area contributed by atoms with Crippen molar-refractivity contribution in [1.82, 2.24) is 0 Å². The maximum Gasteiger partial charge on any atom is 0.119 e. The summed E-state index contributed by atoms with van der Waals surface area (Å²) in [5, 5.41) is 0. The van der Waals surface area contributed by atoms with Gasteiger partial charge in [0, 0.05) is 0 Å². The van der Waals surface area contributed by atoms with E-state index in [4.69, 9.17) is 4.52 Å². The molecule has 0 saturated heterocycles. The summed E-state index contributed by atoms with van der Waals surface area (Å²) >= 11 is 0. The lowest BCUT2D eigenvalue weighted by molar-refractivity contribution is -0.325. The summed E-state index contributed by atoms with van der Waals surface area (Å²) in [4.78, 5) is 24.4. The number of unbranched alkanes of at least 4 members (excludes halogenated alkanes) is 14. The molecule has 2 aromatic carbocycles. The summed E-state index contributed by atoms with van der Waals surface area (Å²) in [5.41, 5.74) is 3.29. The fourth-order valence-electron chi connectivity index (χ4n) is 5.96. The highest BCUT2D eigenvalue weighted by Gasteiger charge is 2.35. The molecule has 0 aromatic heterocycles. The van der Waals surface area contributed by atoms with E-state index in [1.807, 2.05) is 0 Å². The van der Waals surface area contributed by atoms with E-state index in [1.54, 1.807) is 0 Å². The smallest absolute Gasteiger partial charge is 0.119 e. The first-order valence-electron chi connectivity index (χ1n) is 17.0. The highest BCUT2D eigenvalue weighted by atomic mass is 31.2. The van der Waals surface area contributed by atoms with E-state index in [9.17, 15) is 9.79 Å². The molecule has 0 atom stereocenters. The first-order chi connectivity index (χ1) is 19.9. The minimum atomic E-state index is -3.04. The largest absolute Gasteiger partial charge is 0.820 e. The van der Waals surface area contributed by atoms with E-state index in [1.165, 1.54) is 94.6 Å². The number of hydrogen-bond acceptors (Lipinski definition) is 3. The molecular weight excluding hydrogens is 535 g/mol. The second-order valence-electron chi connectivity index (χ2n) is 14.5. The normalized spacial score (nSPS) is 12.8. The molecule has 0 spiro atoms. The quantitative estimate of drug-likeness (QED) is 0.113. The van der Waals surface area contributed by atoms with Crippen LogP contribution in [0.2, 0.25) is 0 Å². The molecule has 0 aliphatic rings. The van der Waals surface area contributed by atoms with Crippen LogP contribution >= 0.6 is 8.60 Å². The lowest BCUT2D eigenvalue weighted by atomic mass is 9.78. The zero-order valence-corrected chi connectivity index (χ0v) is 29.0. The van der Waals surface area contributed by atoms with Gasteiger partial charge in [-0.05, 0) is 45.9 Å². The van der Waals surface area contributed by atoms with E-state index >= 15 is 0 Å². The van der Waals surface area contributed by atoms with Crippen molar-refractivity contribution in [1.29, 1.82) is 0 Å². The average Bonchev–Trinajstić information content (AvgIpc) is 2.93. The van der Waals surface area contributed by atoms with Gasteiger partial charge in [-0.3, -0.25) is 0 Å². The van der Waals surface area contributed by atoms with Crippen LogP contribution in [0, 0.1) is 0 Å². The first kappa shape index (κ1) is 36.9. The lowest BCUT2D eigenvalue weighted by Gasteiger charge is -2.44. The Morgan fingerprint density at radius 1 is 0.476 bits per heavy atom. The fraction of sp³-hybridized carbons (Fsp3) is 0.684. The molecule has 0 saturated carbocycles. The molecule has 0 fully saturated rings. The molecule has 42 heavy (non-hydrogen) atoms. The van der Waals surface area contributed by atoms with Gasteiger partial charge in [-0.2, -0.15) is 8.60 Å². The summed E-state index contributed by atoms with van der Waals surface area (Å²) in [7, 11) is -3.04. The Kier molecular flexibility index (Phi) is 16.3. The predicted octanol–water partition coefficient (Wildman–Crippen LogP) is 10.8. The zero-order valence-electron chi connectivity index (χ0n) is 28.1. The second-order valence-corrected chi connectivity index (χ2v) is 15.1. The Bertz CT molecular complexity index is 910. The zero-order chi connectivity index (χ0) is 31.1. The summed E-state index contributed by atoms with van der Waals surface area (Å²) in [5.74, 6) is 0. The molecule has 0 radical (unpaired) electrons. The molecule has 0 bridgehead atoms. The van der Waals surface area contributed by atoms with Gasteiger partial charge in [-0.25, -0.2) is 0 Å². The van der Waals surface area contributed by atoms with Gasteiger partial charge in [-0.15, -0.1) is 0 Å². The molecule has 2 aromatic rings. The van der Waals surface area contributed by atoms with Crippen molar-refractivity contribution >= 4 is 8.60 Å². The van der Waals surface area contributed by atoms with Crippen LogP contribution in [0.1, 0.15) is 173 Å². The maximum atomic E-state index is 12.2.